The van der Waals surface area contributed by atoms with E-state index in [1.165, 1.54) is 0 Å². The highest BCUT2D eigenvalue weighted by molar-refractivity contribution is 8.18. The van der Waals surface area contributed by atoms with Crippen molar-refractivity contribution >= 4 is 51.6 Å². The van der Waals surface area contributed by atoms with E-state index < -0.39 is 12.0 Å². The Labute approximate surface area is 157 Å². The van der Waals surface area contributed by atoms with Gasteiger partial charge in [0.15, 0.2) is 0 Å². The lowest BCUT2D eigenvalue weighted by Gasteiger charge is -2.07. The summed E-state index contributed by atoms with van der Waals surface area (Å²) in [6, 6.07) is 14.1. The van der Waals surface area contributed by atoms with Crippen LogP contribution in [-0.4, -0.2) is 16.3 Å². The summed E-state index contributed by atoms with van der Waals surface area (Å²) >= 11 is 6.84. The van der Waals surface area contributed by atoms with E-state index in [-0.39, 0.29) is 5.24 Å². The molecule has 4 rings (SSSR count). The van der Waals surface area contributed by atoms with Crippen molar-refractivity contribution in [2.75, 3.05) is 0 Å². The third kappa shape index (κ3) is 3.26. The standard InChI is InChI=1S/C19H12ClNO4S/c20-13-3-1-2-11(8-13)17(22)15-9-12-6-10(4-5-14(12)25-15)7-16-18(23)21-19(24)26-16/h1-9,17,22H,(H,21,23,24). The molecule has 1 unspecified atom stereocenters. The second kappa shape index (κ2) is 6.64. The SMILES string of the molecule is O=C1NC(=O)C(=Cc2ccc3oc(C(O)c4cccc(Cl)c4)cc3c2)S1. The number of thioether (sulfide) groups is 1. The van der Waals surface area contributed by atoms with Gasteiger partial charge in [-0.25, -0.2) is 0 Å². The first kappa shape index (κ1) is 16.9. The predicted octanol–water partition coefficient (Wildman–Crippen LogP) is 4.49. The molecule has 1 atom stereocenters. The average Bonchev–Trinajstić information content (AvgIpc) is 3.16. The quantitative estimate of drug-likeness (QED) is 0.649. The normalized spacial score (nSPS) is 17.1. The number of benzene rings is 2. The van der Waals surface area contributed by atoms with E-state index in [1.807, 2.05) is 6.07 Å². The van der Waals surface area contributed by atoms with Crippen LogP contribution in [0.1, 0.15) is 23.0 Å². The number of amides is 2. The van der Waals surface area contributed by atoms with Gasteiger partial charge >= 0.3 is 0 Å². The lowest BCUT2D eigenvalue weighted by molar-refractivity contribution is -0.115. The molecule has 1 aliphatic heterocycles. The fourth-order valence-corrected chi connectivity index (χ4v) is 3.60. The zero-order valence-electron chi connectivity index (χ0n) is 13.2. The summed E-state index contributed by atoms with van der Waals surface area (Å²) in [7, 11) is 0. The number of furan rings is 1. The summed E-state index contributed by atoms with van der Waals surface area (Å²) in [5.41, 5.74) is 2.01. The van der Waals surface area contributed by atoms with Crippen LogP contribution in [0.2, 0.25) is 5.02 Å². The zero-order valence-corrected chi connectivity index (χ0v) is 14.8. The number of hydrogen-bond donors (Lipinski definition) is 2. The molecular weight excluding hydrogens is 374 g/mol. The third-order valence-electron chi connectivity index (χ3n) is 3.93. The van der Waals surface area contributed by atoms with E-state index in [2.05, 4.69) is 5.32 Å². The first-order valence-electron chi connectivity index (χ1n) is 7.71. The van der Waals surface area contributed by atoms with Gasteiger partial charge in [0.2, 0.25) is 0 Å². The van der Waals surface area contributed by atoms with Gasteiger partial charge in [0.1, 0.15) is 17.4 Å². The Morgan fingerprint density at radius 2 is 2.00 bits per heavy atom. The predicted molar refractivity (Wildman–Crippen MR) is 101 cm³/mol. The molecule has 1 saturated heterocycles. The van der Waals surface area contributed by atoms with Gasteiger partial charge < -0.3 is 9.52 Å². The van der Waals surface area contributed by atoms with Gasteiger partial charge in [-0.3, -0.25) is 14.9 Å². The summed E-state index contributed by atoms with van der Waals surface area (Å²) in [6.07, 6.45) is 0.710. The molecule has 0 aliphatic carbocycles. The van der Waals surface area contributed by atoms with E-state index >= 15 is 0 Å². The summed E-state index contributed by atoms with van der Waals surface area (Å²) in [6.45, 7) is 0. The second-order valence-electron chi connectivity index (χ2n) is 5.76. The fraction of sp³-hybridized carbons (Fsp3) is 0.0526. The Balaban J connectivity index is 1.67. The number of nitrogens with one attached hydrogen (secondary N) is 1. The molecule has 0 bridgehead atoms. The molecule has 26 heavy (non-hydrogen) atoms. The molecule has 1 fully saturated rings. The molecule has 0 saturated carbocycles. The van der Waals surface area contributed by atoms with Crippen molar-refractivity contribution in [3.05, 3.63) is 75.3 Å². The molecule has 5 nitrogen and oxygen atoms in total. The molecule has 2 amide bonds. The van der Waals surface area contributed by atoms with Crippen LogP contribution in [0.25, 0.3) is 17.0 Å². The minimum absolute atomic E-state index is 0.344. The first-order chi connectivity index (χ1) is 12.5. The first-order valence-corrected chi connectivity index (χ1v) is 8.91. The second-order valence-corrected chi connectivity index (χ2v) is 7.21. The van der Waals surface area contributed by atoms with Crippen molar-refractivity contribution in [2.45, 2.75) is 6.10 Å². The molecule has 2 heterocycles. The molecule has 2 N–H and O–H groups in total. The molecule has 1 aliphatic rings. The van der Waals surface area contributed by atoms with Crippen molar-refractivity contribution in [1.82, 2.24) is 5.32 Å². The number of halogens is 1. The molecule has 2 aromatic carbocycles. The highest BCUT2D eigenvalue weighted by atomic mass is 35.5. The van der Waals surface area contributed by atoms with Gasteiger partial charge in [-0.1, -0.05) is 29.8 Å². The van der Waals surface area contributed by atoms with Crippen LogP contribution in [0.4, 0.5) is 4.79 Å². The van der Waals surface area contributed by atoms with E-state index in [9.17, 15) is 14.7 Å². The van der Waals surface area contributed by atoms with Crippen molar-refractivity contribution in [1.29, 1.82) is 0 Å². The van der Waals surface area contributed by atoms with Gasteiger partial charge in [-0.05, 0) is 59.3 Å². The summed E-state index contributed by atoms with van der Waals surface area (Å²) < 4.78 is 5.73. The van der Waals surface area contributed by atoms with Crippen LogP contribution in [-0.2, 0) is 4.79 Å². The lowest BCUT2D eigenvalue weighted by atomic mass is 10.1. The minimum Gasteiger partial charge on any atom is -0.458 e. The van der Waals surface area contributed by atoms with Crippen LogP contribution in [0.15, 0.2) is 57.9 Å². The highest BCUT2D eigenvalue weighted by Crippen LogP contribution is 2.31. The number of rotatable bonds is 3. The van der Waals surface area contributed by atoms with Gasteiger partial charge in [0, 0.05) is 10.4 Å². The maximum absolute atomic E-state index is 11.6. The van der Waals surface area contributed by atoms with Crippen LogP contribution < -0.4 is 5.32 Å². The zero-order chi connectivity index (χ0) is 18.3. The van der Waals surface area contributed by atoms with Crippen molar-refractivity contribution < 1.29 is 19.1 Å². The van der Waals surface area contributed by atoms with Gasteiger partial charge in [-0.2, -0.15) is 0 Å². The number of aliphatic hydroxyl groups excluding tert-OH is 1. The van der Waals surface area contributed by atoms with Gasteiger partial charge in [0.05, 0.1) is 4.91 Å². The number of aliphatic hydroxyl groups is 1. The van der Waals surface area contributed by atoms with Crippen molar-refractivity contribution in [2.24, 2.45) is 0 Å². The monoisotopic (exact) mass is 385 g/mol. The van der Waals surface area contributed by atoms with Crippen LogP contribution in [0.3, 0.4) is 0 Å². The maximum Gasteiger partial charge on any atom is 0.290 e. The summed E-state index contributed by atoms with van der Waals surface area (Å²) in [4.78, 5) is 23.2. The molecule has 1 aromatic heterocycles. The Kier molecular flexibility index (Phi) is 4.32. The largest absolute Gasteiger partial charge is 0.458 e. The summed E-state index contributed by atoms with van der Waals surface area (Å²) in [5.74, 6) is -0.000380. The van der Waals surface area contributed by atoms with Crippen molar-refractivity contribution in [3.8, 4) is 0 Å². The summed E-state index contributed by atoms with van der Waals surface area (Å²) in [5, 5.41) is 13.7. The van der Waals surface area contributed by atoms with Crippen LogP contribution in [0, 0.1) is 0 Å². The average molecular weight is 386 g/mol. The molecule has 3 aromatic rings. The molecular formula is C19H12ClNO4S. The van der Waals surface area contributed by atoms with E-state index in [4.69, 9.17) is 16.0 Å². The number of imide groups is 1. The molecule has 0 radical (unpaired) electrons. The van der Waals surface area contributed by atoms with Crippen LogP contribution >= 0.6 is 23.4 Å². The van der Waals surface area contributed by atoms with Gasteiger partial charge in [-0.15, -0.1) is 0 Å². The molecule has 130 valence electrons. The van der Waals surface area contributed by atoms with Gasteiger partial charge in [0.25, 0.3) is 11.1 Å². The van der Waals surface area contributed by atoms with Crippen molar-refractivity contribution in [3.63, 3.8) is 0 Å². The Hall–Kier alpha value is -2.54. The number of carbonyl (C=O) groups is 2. The van der Waals surface area contributed by atoms with E-state index in [0.717, 1.165) is 22.7 Å². The Bertz CT molecular complexity index is 1070. The Morgan fingerprint density at radius 3 is 2.73 bits per heavy atom. The number of fused-ring (bicyclic) bond motifs is 1. The maximum atomic E-state index is 11.6. The number of hydrogen-bond acceptors (Lipinski definition) is 5. The number of carbonyl (C=O) groups excluding carboxylic acids is 2. The Morgan fingerprint density at radius 1 is 1.15 bits per heavy atom. The van der Waals surface area contributed by atoms with E-state index in [1.54, 1.807) is 48.5 Å². The molecule has 0 spiro atoms. The van der Waals surface area contributed by atoms with Crippen LogP contribution in [0.5, 0.6) is 0 Å². The highest BCUT2D eigenvalue weighted by Gasteiger charge is 2.25. The smallest absolute Gasteiger partial charge is 0.290 e. The topological polar surface area (TPSA) is 79.5 Å². The lowest BCUT2D eigenvalue weighted by Crippen LogP contribution is -2.17. The fourth-order valence-electron chi connectivity index (χ4n) is 2.72. The minimum atomic E-state index is -0.934. The third-order valence-corrected chi connectivity index (χ3v) is 4.98. The van der Waals surface area contributed by atoms with E-state index in [0.29, 0.717) is 26.8 Å². The molecule has 7 heteroatoms.